The number of ether oxygens (including phenoxy) is 1. The van der Waals surface area contributed by atoms with Crippen molar-refractivity contribution < 1.29 is 22.8 Å². The van der Waals surface area contributed by atoms with Crippen molar-refractivity contribution in [3.63, 3.8) is 0 Å². The molecule has 8 nitrogen and oxygen atoms in total. The smallest absolute Gasteiger partial charge is 0.435 e. The van der Waals surface area contributed by atoms with Gasteiger partial charge in [0, 0.05) is 12.6 Å². The van der Waals surface area contributed by atoms with Crippen LogP contribution in [-0.2, 0) is 12.7 Å². The van der Waals surface area contributed by atoms with Crippen LogP contribution in [0.2, 0.25) is 0 Å². The van der Waals surface area contributed by atoms with E-state index in [1.807, 2.05) is 0 Å². The Kier molecular flexibility index (Phi) is 3.99. The Morgan fingerprint density at radius 2 is 2.14 bits per heavy atom. The van der Waals surface area contributed by atoms with Gasteiger partial charge in [0.25, 0.3) is 0 Å². The molecule has 0 unspecified atom stereocenters. The standard InChI is InChI=1S/C11H10F3N5O3/c1-22-9-3-2-6(4-8(9)19(20)21)18-10(11(12,13)14)7(5-15)16-17-18/h2-4H,5,15H2,1H3. The summed E-state index contributed by atoms with van der Waals surface area (Å²) >= 11 is 0. The summed E-state index contributed by atoms with van der Waals surface area (Å²) in [6, 6.07) is 3.30. The second kappa shape index (κ2) is 5.60. The Bertz CT molecular complexity index is 713. The molecule has 0 amide bonds. The van der Waals surface area contributed by atoms with E-state index in [4.69, 9.17) is 10.5 Å². The van der Waals surface area contributed by atoms with Gasteiger partial charge >= 0.3 is 11.9 Å². The van der Waals surface area contributed by atoms with Gasteiger partial charge in [-0.1, -0.05) is 5.21 Å². The molecular formula is C11H10F3N5O3. The van der Waals surface area contributed by atoms with Crippen LogP contribution in [0, 0.1) is 10.1 Å². The lowest BCUT2D eigenvalue weighted by Crippen LogP contribution is -2.17. The zero-order valence-corrected chi connectivity index (χ0v) is 11.2. The zero-order chi connectivity index (χ0) is 16.5. The fourth-order valence-corrected chi connectivity index (χ4v) is 1.87. The van der Waals surface area contributed by atoms with Crippen LogP contribution < -0.4 is 10.5 Å². The van der Waals surface area contributed by atoms with E-state index in [1.54, 1.807) is 0 Å². The highest BCUT2D eigenvalue weighted by molar-refractivity contribution is 5.53. The summed E-state index contributed by atoms with van der Waals surface area (Å²) in [4.78, 5) is 10.2. The predicted octanol–water partition coefficient (Wildman–Crippen LogP) is 1.66. The van der Waals surface area contributed by atoms with Crippen molar-refractivity contribution in [3.05, 3.63) is 39.7 Å². The Morgan fingerprint density at radius 1 is 1.45 bits per heavy atom. The number of halogens is 3. The van der Waals surface area contributed by atoms with E-state index in [0.29, 0.717) is 4.68 Å². The van der Waals surface area contributed by atoms with Gasteiger partial charge in [-0.25, -0.2) is 4.68 Å². The third-order valence-electron chi connectivity index (χ3n) is 2.81. The van der Waals surface area contributed by atoms with E-state index in [-0.39, 0.29) is 11.4 Å². The molecule has 2 aromatic rings. The second-order valence-electron chi connectivity index (χ2n) is 4.11. The van der Waals surface area contributed by atoms with E-state index < -0.39 is 34.7 Å². The first-order chi connectivity index (χ1) is 10.3. The maximum atomic E-state index is 13.1. The summed E-state index contributed by atoms with van der Waals surface area (Å²) in [7, 11) is 1.21. The molecule has 2 N–H and O–H groups in total. The second-order valence-corrected chi connectivity index (χ2v) is 4.11. The number of hydrogen-bond acceptors (Lipinski definition) is 6. The Hall–Kier alpha value is -2.69. The minimum atomic E-state index is -4.76. The van der Waals surface area contributed by atoms with Crippen LogP contribution in [0.1, 0.15) is 11.4 Å². The number of hydrogen-bond donors (Lipinski definition) is 1. The van der Waals surface area contributed by atoms with Gasteiger partial charge in [0.15, 0.2) is 11.4 Å². The highest BCUT2D eigenvalue weighted by atomic mass is 19.4. The number of nitro benzene ring substituents is 1. The van der Waals surface area contributed by atoms with Gasteiger partial charge < -0.3 is 10.5 Å². The zero-order valence-electron chi connectivity index (χ0n) is 11.2. The summed E-state index contributed by atoms with van der Waals surface area (Å²) in [5.74, 6) is -0.0820. The third-order valence-corrected chi connectivity index (χ3v) is 2.81. The van der Waals surface area contributed by atoms with Crippen LogP contribution in [0.15, 0.2) is 18.2 Å². The first-order valence-corrected chi connectivity index (χ1v) is 5.84. The molecule has 0 radical (unpaired) electrons. The average molecular weight is 317 g/mol. The average Bonchev–Trinajstić information content (AvgIpc) is 2.90. The largest absolute Gasteiger partial charge is 0.490 e. The Labute approximate surface area is 121 Å². The molecule has 1 aromatic heterocycles. The van der Waals surface area contributed by atoms with Gasteiger partial charge in [0.2, 0.25) is 0 Å². The summed E-state index contributed by atoms with van der Waals surface area (Å²) < 4.78 is 44.6. The number of aromatic nitrogens is 3. The molecule has 0 fully saturated rings. The summed E-state index contributed by atoms with van der Waals surface area (Å²) in [5.41, 5.74) is 2.93. The first-order valence-electron chi connectivity index (χ1n) is 5.84. The van der Waals surface area contributed by atoms with Crippen LogP contribution in [0.3, 0.4) is 0 Å². The van der Waals surface area contributed by atoms with E-state index in [2.05, 4.69) is 10.3 Å². The number of benzene rings is 1. The Morgan fingerprint density at radius 3 is 2.64 bits per heavy atom. The molecule has 0 bridgehead atoms. The molecule has 1 heterocycles. The number of rotatable bonds is 4. The van der Waals surface area contributed by atoms with E-state index in [9.17, 15) is 23.3 Å². The van der Waals surface area contributed by atoms with Crippen molar-refractivity contribution in [1.29, 1.82) is 0 Å². The van der Waals surface area contributed by atoms with Gasteiger partial charge in [-0.05, 0) is 12.1 Å². The molecule has 0 aliphatic rings. The monoisotopic (exact) mass is 317 g/mol. The van der Waals surface area contributed by atoms with Gasteiger partial charge in [0.1, 0.15) is 5.69 Å². The van der Waals surface area contributed by atoms with Gasteiger partial charge in [-0.15, -0.1) is 5.10 Å². The molecule has 0 saturated heterocycles. The van der Waals surface area contributed by atoms with Crippen molar-refractivity contribution >= 4 is 5.69 Å². The maximum Gasteiger partial charge on any atom is 0.435 e. The van der Waals surface area contributed by atoms with Gasteiger partial charge in [0.05, 0.1) is 17.7 Å². The lowest BCUT2D eigenvalue weighted by atomic mass is 10.2. The number of alkyl halides is 3. The van der Waals surface area contributed by atoms with Crippen molar-refractivity contribution in [2.75, 3.05) is 7.11 Å². The summed E-state index contributed by atoms with van der Waals surface area (Å²) in [5, 5.41) is 17.7. The molecule has 0 aliphatic carbocycles. The maximum absolute atomic E-state index is 13.1. The normalized spacial score (nSPS) is 11.5. The fourth-order valence-electron chi connectivity index (χ4n) is 1.87. The molecular weight excluding hydrogens is 307 g/mol. The van der Waals surface area contributed by atoms with Crippen LogP contribution in [0.5, 0.6) is 5.75 Å². The van der Waals surface area contributed by atoms with Gasteiger partial charge in [-0.2, -0.15) is 13.2 Å². The summed E-state index contributed by atoms with van der Waals surface area (Å²) in [6.45, 7) is -0.465. The lowest BCUT2D eigenvalue weighted by Gasteiger charge is -2.11. The quantitative estimate of drug-likeness (QED) is 0.678. The van der Waals surface area contributed by atoms with E-state index in [1.165, 1.54) is 19.2 Å². The van der Waals surface area contributed by atoms with Crippen LogP contribution >= 0.6 is 0 Å². The lowest BCUT2D eigenvalue weighted by molar-refractivity contribution is -0.385. The minimum absolute atomic E-state index is 0.0820. The SMILES string of the molecule is COc1ccc(-n2nnc(CN)c2C(F)(F)F)cc1[N+](=O)[O-]. The molecule has 2 rings (SSSR count). The number of nitrogens with two attached hydrogens (primary N) is 1. The minimum Gasteiger partial charge on any atom is -0.490 e. The fraction of sp³-hybridized carbons (Fsp3) is 0.273. The van der Waals surface area contributed by atoms with Gasteiger partial charge in [-0.3, -0.25) is 10.1 Å². The first kappa shape index (κ1) is 15.7. The summed E-state index contributed by atoms with van der Waals surface area (Å²) in [6.07, 6.45) is -4.76. The number of nitro groups is 1. The van der Waals surface area contributed by atoms with E-state index in [0.717, 1.165) is 6.07 Å². The van der Waals surface area contributed by atoms with E-state index >= 15 is 0 Å². The third kappa shape index (κ3) is 2.70. The molecule has 0 atom stereocenters. The topological polar surface area (TPSA) is 109 Å². The van der Waals surface area contributed by atoms with Crippen molar-refractivity contribution in [1.82, 2.24) is 15.0 Å². The Balaban J connectivity index is 2.65. The molecule has 0 spiro atoms. The molecule has 0 saturated carbocycles. The van der Waals surface area contributed by atoms with Crippen molar-refractivity contribution in [3.8, 4) is 11.4 Å². The van der Waals surface area contributed by atoms with Crippen molar-refractivity contribution in [2.24, 2.45) is 5.73 Å². The number of nitrogens with zero attached hydrogens (tertiary/aromatic N) is 4. The molecule has 11 heteroatoms. The highest BCUT2D eigenvalue weighted by Gasteiger charge is 2.39. The predicted molar refractivity (Wildman–Crippen MR) is 67.5 cm³/mol. The van der Waals surface area contributed by atoms with Crippen LogP contribution in [0.4, 0.5) is 18.9 Å². The van der Waals surface area contributed by atoms with Crippen molar-refractivity contribution in [2.45, 2.75) is 12.7 Å². The molecule has 1 aromatic carbocycles. The molecule has 118 valence electrons. The molecule has 0 aliphatic heterocycles. The highest BCUT2D eigenvalue weighted by Crippen LogP contribution is 2.34. The van der Waals surface area contributed by atoms with Crippen LogP contribution in [0.25, 0.3) is 5.69 Å². The molecule has 22 heavy (non-hydrogen) atoms. The number of methoxy groups -OCH3 is 1. The van der Waals surface area contributed by atoms with Crippen LogP contribution in [-0.4, -0.2) is 27.0 Å².